The fourth-order valence-electron chi connectivity index (χ4n) is 2.47. The minimum atomic E-state index is -0.938. The van der Waals surface area contributed by atoms with Gasteiger partial charge in [-0.25, -0.2) is 4.98 Å². The van der Waals surface area contributed by atoms with Gasteiger partial charge in [-0.3, -0.25) is 9.59 Å². The number of aliphatic carboxylic acids is 1. The number of halogens is 1. The minimum Gasteiger partial charge on any atom is -0.481 e. The number of hydrogen-bond donors (Lipinski definition) is 2. The zero-order valence-corrected chi connectivity index (χ0v) is 10.9. The summed E-state index contributed by atoms with van der Waals surface area (Å²) in [6.07, 6.45) is 2.93. The van der Waals surface area contributed by atoms with Gasteiger partial charge in [0.15, 0.2) is 0 Å². The van der Waals surface area contributed by atoms with Crippen LogP contribution < -0.4 is 5.32 Å². The van der Waals surface area contributed by atoms with E-state index in [1.165, 1.54) is 12.3 Å². The molecule has 7 heteroatoms. The van der Waals surface area contributed by atoms with E-state index in [-0.39, 0.29) is 24.9 Å². The van der Waals surface area contributed by atoms with E-state index in [1.54, 1.807) is 22.9 Å². The van der Waals surface area contributed by atoms with Crippen LogP contribution in [-0.2, 0) is 4.79 Å². The van der Waals surface area contributed by atoms with Crippen molar-refractivity contribution in [3.05, 3.63) is 42.2 Å². The summed E-state index contributed by atoms with van der Waals surface area (Å²) >= 11 is 0. The van der Waals surface area contributed by atoms with Crippen LogP contribution in [0.3, 0.4) is 0 Å². The molecule has 2 aromatic rings. The molecule has 1 aliphatic heterocycles. The third-order valence-corrected chi connectivity index (χ3v) is 3.44. The van der Waals surface area contributed by atoms with E-state index in [4.69, 9.17) is 5.11 Å². The molecule has 0 spiro atoms. The van der Waals surface area contributed by atoms with Gasteiger partial charge in [0.05, 0.1) is 12.5 Å². The van der Waals surface area contributed by atoms with Crippen LogP contribution in [-0.4, -0.2) is 33.1 Å². The van der Waals surface area contributed by atoms with Crippen molar-refractivity contribution in [1.29, 1.82) is 0 Å². The number of aromatic nitrogens is 2. The maximum atomic E-state index is 13.2. The van der Waals surface area contributed by atoms with Crippen LogP contribution in [0.25, 0.3) is 11.1 Å². The summed E-state index contributed by atoms with van der Waals surface area (Å²) < 4.78 is 14.8. The van der Waals surface area contributed by atoms with Crippen molar-refractivity contribution in [3.63, 3.8) is 0 Å². The first-order chi connectivity index (χ1) is 10.0. The number of carbonyl (C=O) groups excluding carboxylic acids is 1. The first kappa shape index (κ1) is 13.3. The smallest absolute Gasteiger partial charge is 0.305 e. The SMILES string of the molecule is O=C(O)CC1CNC(=O)c2cc(-c3ccnc(F)c3)cn21. The maximum Gasteiger partial charge on any atom is 0.305 e. The number of fused-ring (bicyclic) bond motifs is 1. The van der Waals surface area contributed by atoms with E-state index in [9.17, 15) is 14.0 Å². The fraction of sp³-hybridized carbons (Fsp3) is 0.214. The number of carboxylic acid groups (broad SMARTS) is 1. The Morgan fingerprint density at radius 1 is 1.48 bits per heavy atom. The second-order valence-electron chi connectivity index (χ2n) is 4.85. The molecule has 2 aromatic heterocycles. The van der Waals surface area contributed by atoms with Gasteiger partial charge in [0, 0.05) is 30.6 Å². The number of nitrogens with one attached hydrogen (secondary N) is 1. The molecular formula is C14H12FN3O3. The van der Waals surface area contributed by atoms with Crippen molar-refractivity contribution in [3.8, 4) is 11.1 Å². The minimum absolute atomic E-state index is 0.0912. The average molecular weight is 289 g/mol. The molecule has 0 saturated heterocycles. The van der Waals surface area contributed by atoms with Crippen molar-refractivity contribution < 1.29 is 19.1 Å². The molecular weight excluding hydrogens is 277 g/mol. The summed E-state index contributed by atoms with van der Waals surface area (Å²) in [4.78, 5) is 26.2. The molecule has 21 heavy (non-hydrogen) atoms. The number of rotatable bonds is 3. The molecule has 3 heterocycles. The Balaban J connectivity index is 2.03. The molecule has 1 atom stereocenters. The number of carboxylic acids is 1. The number of nitrogens with zero attached hydrogens (tertiary/aromatic N) is 2. The number of pyridine rings is 1. The monoisotopic (exact) mass is 289 g/mol. The zero-order chi connectivity index (χ0) is 15.0. The molecule has 0 aliphatic carbocycles. The predicted molar refractivity (Wildman–Crippen MR) is 71.2 cm³/mol. The summed E-state index contributed by atoms with van der Waals surface area (Å²) in [6, 6.07) is 4.17. The highest BCUT2D eigenvalue weighted by atomic mass is 19.1. The van der Waals surface area contributed by atoms with Crippen LogP contribution in [0.5, 0.6) is 0 Å². The maximum absolute atomic E-state index is 13.2. The molecule has 0 saturated carbocycles. The summed E-state index contributed by atoms with van der Waals surface area (Å²) in [5.74, 6) is -1.81. The molecule has 3 rings (SSSR count). The van der Waals surface area contributed by atoms with Gasteiger partial charge in [0.2, 0.25) is 5.95 Å². The Kier molecular flexibility index (Phi) is 3.17. The molecule has 0 fully saturated rings. The second-order valence-corrected chi connectivity index (χ2v) is 4.85. The van der Waals surface area contributed by atoms with Crippen LogP contribution in [0.15, 0.2) is 30.6 Å². The third-order valence-electron chi connectivity index (χ3n) is 3.44. The van der Waals surface area contributed by atoms with Gasteiger partial charge >= 0.3 is 5.97 Å². The summed E-state index contributed by atoms with van der Waals surface area (Å²) in [5, 5.41) is 11.6. The van der Waals surface area contributed by atoms with Gasteiger partial charge in [-0.15, -0.1) is 0 Å². The quantitative estimate of drug-likeness (QED) is 0.838. The van der Waals surface area contributed by atoms with Gasteiger partial charge in [0.1, 0.15) is 5.69 Å². The number of amides is 1. The normalized spacial score (nSPS) is 17.2. The van der Waals surface area contributed by atoms with Crippen molar-refractivity contribution in [2.24, 2.45) is 0 Å². The van der Waals surface area contributed by atoms with Gasteiger partial charge in [0.25, 0.3) is 5.91 Å². The van der Waals surface area contributed by atoms with Crippen molar-refractivity contribution >= 4 is 11.9 Å². The Bertz CT molecular complexity index is 726. The highest BCUT2D eigenvalue weighted by molar-refractivity contribution is 5.95. The molecule has 0 radical (unpaired) electrons. The van der Waals surface area contributed by atoms with E-state index in [0.29, 0.717) is 16.8 Å². The largest absolute Gasteiger partial charge is 0.481 e. The Hall–Kier alpha value is -2.70. The van der Waals surface area contributed by atoms with Crippen LogP contribution in [0.2, 0.25) is 0 Å². The van der Waals surface area contributed by atoms with Gasteiger partial charge in [-0.1, -0.05) is 0 Å². The first-order valence-electron chi connectivity index (χ1n) is 6.38. The summed E-state index contributed by atoms with van der Waals surface area (Å²) in [7, 11) is 0. The lowest BCUT2D eigenvalue weighted by atomic mass is 10.1. The lowest BCUT2D eigenvalue weighted by Crippen LogP contribution is -2.39. The van der Waals surface area contributed by atoms with Crippen molar-refractivity contribution in [1.82, 2.24) is 14.9 Å². The topological polar surface area (TPSA) is 84.2 Å². The molecule has 6 nitrogen and oxygen atoms in total. The standard InChI is InChI=1S/C14H12FN3O3/c15-12-4-8(1-2-16-12)9-3-11-14(21)17-6-10(5-13(19)20)18(11)7-9/h1-4,7,10H,5-6H2,(H,17,21)(H,19,20). The second kappa shape index (κ2) is 5.01. The van der Waals surface area contributed by atoms with Crippen LogP contribution >= 0.6 is 0 Å². The van der Waals surface area contributed by atoms with E-state index in [1.807, 2.05) is 0 Å². The van der Waals surface area contributed by atoms with E-state index < -0.39 is 11.9 Å². The van der Waals surface area contributed by atoms with E-state index >= 15 is 0 Å². The zero-order valence-electron chi connectivity index (χ0n) is 10.9. The molecule has 1 unspecified atom stereocenters. The molecule has 0 aromatic carbocycles. The first-order valence-corrected chi connectivity index (χ1v) is 6.38. The molecule has 2 N–H and O–H groups in total. The number of carbonyl (C=O) groups is 2. The lowest BCUT2D eigenvalue weighted by molar-refractivity contribution is -0.137. The summed E-state index contributed by atoms with van der Waals surface area (Å²) in [5.41, 5.74) is 1.62. The van der Waals surface area contributed by atoms with Crippen LogP contribution in [0, 0.1) is 5.95 Å². The highest BCUT2D eigenvalue weighted by Gasteiger charge is 2.27. The third kappa shape index (κ3) is 2.49. The highest BCUT2D eigenvalue weighted by Crippen LogP contribution is 2.28. The van der Waals surface area contributed by atoms with E-state index in [0.717, 1.165) is 0 Å². The average Bonchev–Trinajstić information content (AvgIpc) is 2.88. The predicted octanol–water partition coefficient (Wildman–Crippen LogP) is 1.45. The van der Waals surface area contributed by atoms with Gasteiger partial charge in [-0.2, -0.15) is 4.39 Å². The van der Waals surface area contributed by atoms with Gasteiger partial charge in [-0.05, 0) is 17.7 Å². The number of hydrogen-bond acceptors (Lipinski definition) is 3. The van der Waals surface area contributed by atoms with Crippen molar-refractivity contribution in [2.75, 3.05) is 6.54 Å². The van der Waals surface area contributed by atoms with Gasteiger partial charge < -0.3 is 15.0 Å². The van der Waals surface area contributed by atoms with Crippen LogP contribution in [0.1, 0.15) is 23.0 Å². The van der Waals surface area contributed by atoms with E-state index in [2.05, 4.69) is 10.3 Å². The molecule has 1 aliphatic rings. The fourth-order valence-corrected chi connectivity index (χ4v) is 2.47. The molecule has 1 amide bonds. The Morgan fingerprint density at radius 3 is 3.00 bits per heavy atom. The molecule has 0 bridgehead atoms. The lowest BCUT2D eigenvalue weighted by Gasteiger charge is -2.25. The Labute approximate surface area is 119 Å². The summed E-state index contributed by atoms with van der Waals surface area (Å²) in [6.45, 7) is 0.261. The molecule has 108 valence electrons. The Morgan fingerprint density at radius 2 is 2.29 bits per heavy atom. The van der Waals surface area contributed by atoms with Crippen molar-refractivity contribution in [2.45, 2.75) is 12.5 Å². The van der Waals surface area contributed by atoms with Crippen LogP contribution in [0.4, 0.5) is 4.39 Å².